The van der Waals surface area contributed by atoms with Crippen molar-refractivity contribution in [3.63, 3.8) is 0 Å². The summed E-state index contributed by atoms with van der Waals surface area (Å²) in [5, 5.41) is 0.858. The van der Waals surface area contributed by atoms with Crippen molar-refractivity contribution in [3.05, 3.63) is 58.3 Å². The van der Waals surface area contributed by atoms with Gasteiger partial charge in [0.15, 0.2) is 0 Å². The number of fused-ring (bicyclic) bond motifs is 2. The molecule has 3 aromatic rings. The molecule has 3 rings (SSSR count). The number of carbonyl (C=O) groups is 1. The average Bonchev–Trinajstić information content (AvgIpc) is 2.38. The van der Waals surface area contributed by atoms with Crippen molar-refractivity contribution in [1.29, 1.82) is 0 Å². The van der Waals surface area contributed by atoms with Gasteiger partial charge in [-0.3, -0.25) is 9.59 Å². The van der Waals surface area contributed by atoms with Crippen molar-refractivity contribution >= 4 is 27.8 Å². The van der Waals surface area contributed by atoms with E-state index >= 15 is 0 Å². The second-order valence-electron chi connectivity index (χ2n) is 4.00. The highest BCUT2D eigenvalue weighted by atomic mass is 16.3. The van der Waals surface area contributed by atoms with Crippen LogP contribution in [0, 0.1) is 0 Å². The summed E-state index contributed by atoms with van der Waals surface area (Å²) in [5.41, 5.74) is 6.31. The predicted molar refractivity (Wildman–Crippen MR) is 68.5 cm³/mol. The van der Waals surface area contributed by atoms with Crippen LogP contribution in [0.1, 0.15) is 10.4 Å². The minimum atomic E-state index is -0.565. The van der Waals surface area contributed by atoms with Crippen molar-refractivity contribution in [2.75, 3.05) is 0 Å². The fourth-order valence-corrected chi connectivity index (χ4v) is 1.96. The van der Waals surface area contributed by atoms with Crippen LogP contribution in [0.5, 0.6) is 0 Å². The van der Waals surface area contributed by atoms with Gasteiger partial charge in [-0.05, 0) is 30.3 Å². The highest BCUT2D eigenvalue weighted by Crippen LogP contribution is 2.19. The third kappa shape index (κ3) is 1.47. The molecule has 0 radical (unpaired) electrons. The second kappa shape index (κ2) is 3.70. The van der Waals surface area contributed by atoms with Gasteiger partial charge in [0.1, 0.15) is 11.2 Å². The van der Waals surface area contributed by atoms with E-state index in [1.54, 1.807) is 36.4 Å². The van der Waals surface area contributed by atoms with Crippen LogP contribution in [-0.4, -0.2) is 5.91 Å². The van der Waals surface area contributed by atoms with Gasteiger partial charge in [0.2, 0.25) is 11.3 Å². The van der Waals surface area contributed by atoms with Crippen LogP contribution in [0.2, 0.25) is 0 Å². The first-order chi connectivity index (χ1) is 8.66. The Kier molecular flexibility index (Phi) is 2.16. The van der Waals surface area contributed by atoms with Gasteiger partial charge < -0.3 is 10.2 Å². The van der Waals surface area contributed by atoms with Crippen molar-refractivity contribution in [1.82, 2.24) is 0 Å². The maximum Gasteiger partial charge on any atom is 0.248 e. The molecule has 88 valence electrons. The molecule has 0 aliphatic rings. The summed E-state index contributed by atoms with van der Waals surface area (Å²) >= 11 is 0. The Morgan fingerprint density at radius 3 is 2.50 bits per heavy atom. The lowest BCUT2D eigenvalue weighted by atomic mass is 10.1. The van der Waals surface area contributed by atoms with Crippen LogP contribution in [-0.2, 0) is 0 Å². The predicted octanol–water partition coefficient (Wildman–Crippen LogP) is 2.05. The Morgan fingerprint density at radius 2 is 1.72 bits per heavy atom. The molecule has 0 aliphatic heterocycles. The first-order valence-corrected chi connectivity index (χ1v) is 5.42. The largest absolute Gasteiger partial charge is 0.456 e. The lowest BCUT2D eigenvalue weighted by molar-refractivity contribution is 0.100. The van der Waals surface area contributed by atoms with Gasteiger partial charge >= 0.3 is 0 Å². The fourth-order valence-electron chi connectivity index (χ4n) is 1.96. The fraction of sp³-hybridized carbons (Fsp3) is 0. The van der Waals surface area contributed by atoms with Crippen LogP contribution in [0.15, 0.2) is 51.7 Å². The lowest BCUT2D eigenvalue weighted by Gasteiger charge is -2.02. The summed E-state index contributed by atoms with van der Waals surface area (Å²) < 4.78 is 5.61. The summed E-state index contributed by atoms with van der Waals surface area (Å²) in [4.78, 5) is 23.4. The average molecular weight is 239 g/mol. The van der Waals surface area contributed by atoms with E-state index in [9.17, 15) is 9.59 Å². The maximum absolute atomic E-state index is 12.3. The molecule has 0 atom stereocenters. The number of nitrogens with two attached hydrogens (primary N) is 1. The zero-order valence-electron chi connectivity index (χ0n) is 9.34. The van der Waals surface area contributed by atoms with Gasteiger partial charge in [-0.1, -0.05) is 12.1 Å². The van der Waals surface area contributed by atoms with E-state index in [1.165, 1.54) is 6.07 Å². The quantitative estimate of drug-likeness (QED) is 0.660. The van der Waals surface area contributed by atoms with E-state index in [-0.39, 0.29) is 5.43 Å². The molecule has 0 spiro atoms. The second-order valence-corrected chi connectivity index (χ2v) is 4.00. The molecule has 18 heavy (non-hydrogen) atoms. The highest BCUT2D eigenvalue weighted by molar-refractivity contribution is 5.98. The summed E-state index contributed by atoms with van der Waals surface area (Å²) in [5.74, 6) is -0.565. The lowest BCUT2D eigenvalue weighted by Crippen LogP contribution is -2.12. The maximum atomic E-state index is 12.3. The number of rotatable bonds is 1. The summed E-state index contributed by atoms with van der Waals surface area (Å²) in [7, 11) is 0. The molecular formula is C14H9NO3. The molecule has 1 amide bonds. The molecule has 2 aromatic carbocycles. The van der Waals surface area contributed by atoms with Crippen molar-refractivity contribution in [2.24, 2.45) is 5.73 Å². The minimum absolute atomic E-state index is 0.157. The van der Waals surface area contributed by atoms with E-state index in [1.807, 2.05) is 0 Å². The van der Waals surface area contributed by atoms with Crippen molar-refractivity contribution < 1.29 is 9.21 Å². The van der Waals surface area contributed by atoms with Gasteiger partial charge in [0, 0.05) is 5.56 Å². The Hall–Kier alpha value is -2.62. The number of hydrogen-bond acceptors (Lipinski definition) is 3. The molecule has 2 N–H and O–H groups in total. The monoisotopic (exact) mass is 239 g/mol. The van der Waals surface area contributed by atoms with Gasteiger partial charge in [-0.15, -0.1) is 0 Å². The first kappa shape index (κ1) is 10.5. The van der Waals surface area contributed by atoms with Crippen LogP contribution < -0.4 is 11.2 Å². The highest BCUT2D eigenvalue weighted by Gasteiger charge is 2.09. The number of hydrogen-bond donors (Lipinski definition) is 1. The molecule has 4 nitrogen and oxygen atoms in total. The van der Waals surface area contributed by atoms with Gasteiger partial charge in [-0.2, -0.15) is 0 Å². The van der Waals surface area contributed by atoms with Crippen LogP contribution in [0.3, 0.4) is 0 Å². The summed E-state index contributed by atoms with van der Waals surface area (Å²) in [6.45, 7) is 0. The molecule has 1 heterocycles. The molecule has 0 saturated carbocycles. The molecule has 0 aliphatic carbocycles. The van der Waals surface area contributed by atoms with Crippen LogP contribution in [0.4, 0.5) is 0 Å². The summed E-state index contributed by atoms with van der Waals surface area (Å²) in [6, 6.07) is 11.6. The number of carbonyl (C=O) groups excluding carboxylic acids is 1. The normalized spacial score (nSPS) is 10.9. The van der Waals surface area contributed by atoms with E-state index in [0.717, 1.165) is 0 Å². The summed E-state index contributed by atoms with van der Waals surface area (Å²) in [6.07, 6.45) is 0. The molecule has 1 aromatic heterocycles. The van der Waals surface area contributed by atoms with Gasteiger partial charge in [0.25, 0.3) is 0 Å². The molecule has 0 unspecified atom stereocenters. The molecule has 0 bridgehead atoms. The zero-order chi connectivity index (χ0) is 12.7. The van der Waals surface area contributed by atoms with Gasteiger partial charge in [0.05, 0.1) is 10.8 Å². The zero-order valence-corrected chi connectivity index (χ0v) is 9.34. The third-order valence-electron chi connectivity index (χ3n) is 2.86. The Balaban J connectivity index is 2.49. The van der Waals surface area contributed by atoms with Crippen molar-refractivity contribution in [3.8, 4) is 0 Å². The Labute approximate surface area is 102 Å². The van der Waals surface area contributed by atoms with E-state index in [2.05, 4.69) is 0 Å². The number of primary amides is 1. The molecular weight excluding hydrogens is 230 g/mol. The molecule has 0 fully saturated rings. The topological polar surface area (TPSA) is 73.3 Å². The Bertz CT molecular complexity index is 833. The van der Waals surface area contributed by atoms with Crippen molar-refractivity contribution in [2.45, 2.75) is 0 Å². The molecule has 4 heteroatoms. The first-order valence-electron chi connectivity index (χ1n) is 5.42. The number of para-hydroxylation sites is 1. The minimum Gasteiger partial charge on any atom is -0.456 e. The smallest absolute Gasteiger partial charge is 0.248 e. The van der Waals surface area contributed by atoms with E-state index in [0.29, 0.717) is 27.5 Å². The third-order valence-corrected chi connectivity index (χ3v) is 2.86. The standard InChI is InChI=1S/C14H9NO3/c15-14(17)8-5-6-12-10(7-8)13(16)9-3-1-2-4-11(9)18-12/h1-7H,(H2,15,17). The SMILES string of the molecule is NC(=O)c1ccc2oc3ccccc3c(=O)c2c1. The van der Waals surface area contributed by atoms with E-state index < -0.39 is 5.91 Å². The van der Waals surface area contributed by atoms with Crippen LogP contribution >= 0.6 is 0 Å². The molecule has 0 saturated heterocycles. The van der Waals surface area contributed by atoms with Gasteiger partial charge in [-0.25, -0.2) is 0 Å². The van der Waals surface area contributed by atoms with Crippen LogP contribution in [0.25, 0.3) is 21.9 Å². The Morgan fingerprint density at radius 1 is 1.00 bits per heavy atom. The number of benzene rings is 2. The number of amides is 1. The van der Waals surface area contributed by atoms with E-state index in [4.69, 9.17) is 10.2 Å².